The van der Waals surface area contributed by atoms with Crippen molar-refractivity contribution in [1.29, 1.82) is 0 Å². The Bertz CT molecular complexity index is 769. The highest BCUT2D eigenvalue weighted by Gasteiger charge is 2.22. The molecule has 6 nitrogen and oxygen atoms in total. The van der Waals surface area contributed by atoms with E-state index in [9.17, 15) is 4.79 Å². The summed E-state index contributed by atoms with van der Waals surface area (Å²) >= 11 is 1.14. The van der Waals surface area contributed by atoms with Gasteiger partial charge in [-0.3, -0.25) is 9.36 Å². The molecule has 0 unspecified atom stereocenters. The maximum atomic E-state index is 11.1. The fourth-order valence-electron chi connectivity index (χ4n) is 1.93. The van der Waals surface area contributed by atoms with Crippen molar-refractivity contribution < 1.29 is 14.3 Å². The zero-order valence-corrected chi connectivity index (χ0v) is 12.5. The van der Waals surface area contributed by atoms with E-state index in [1.54, 1.807) is 29.9 Å². The zero-order chi connectivity index (χ0) is 15.5. The molecule has 0 aliphatic heterocycles. The summed E-state index contributed by atoms with van der Waals surface area (Å²) < 4.78 is 7.19. The van der Waals surface area contributed by atoms with E-state index in [-0.39, 0.29) is 0 Å². The number of nitrogens with zero attached hydrogens (tertiary/aromatic N) is 3. The molecular weight excluding hydrogens is 302 g/mol. The van der Waals surface area contributed by atoms with Crippen LogP contribution in [0.3, 0.4) is 0 Å². The summed E-state index contributed by atoms with van der Waals surface area (Å²) in [7, 11) is 0. The summed E-state index contributed by atoms with van der Waals surface area (Å²) in [5.74, 6) is 0.217. The number of carboxylic acid groups (broad SMARTS) is 1. The predicted molar refractivity (Wildman–Crippen MR) is 82.0 cm³/mol. The molecule has 2 heterocycles. The van der Waals surface area contributed by atoms with E-state index in [0.29, 0.717) is 16.7 Å². The van der Waals surface area contributed by atoms with E-state index in [1.165, 1.54) is 0 Å². The van der Waals surface area contributed by atoms with E-state index < -0.39 is 11.2 Å². The van der Waals surface area contributed by atoms with Crippen LogP contribution in [0.5, 0.6) is 0 Å². The first-order valence-corrected chi connectivity index (χ1v) is 7.49. The smallest absolute Gasteiger partial charge is 0.316 e. The van der Waals surface area contributed by atoms with Crippen molar-refractivity contribution >= 4 is 17.7 Å². The van der Waals surface area contributed by atoms with Gasteiger partial charge in [-0.2, -0.15) is 0 Å². The number of benzene rings is 1. The van der Waals surface area contributed by atoms with Crippen molar-refractivity contribution in [2.24, 2.45) is 0 Å². The van der Waals surface area contributed by atoms with Gasteiger partial charge in [0.15, 0.2) is 10.9 Å². The summed E-state index contributed by atoms with van der Waals surface area (Å²) in [6.45, 7) is 1.61. The summed E-state index contributed by atoms with van der Waals surface area (Å²) in [4.78, 5) is 11.1. The molecule has 1 atom stereocenters. The van der Waals surface area contributed by atoms with Crippen LogP contribution in [0, 0.1) is 0 Å². The van der Waals surface area contributed by atoms with Gasteiger partial charge in [-0.15, -0.1) is 10.2 Å². The van der Waals surface area contributed by atoms with Gasteiger partial charge in [-0.1, -0.05) is 30.0 Å². The zero-order valence-electron chi connectivity index (χ0n) is 11.7. The number of thioether (sulfide) groups is 1. The Hall–Kier alpha value is -2.54. The van der Waals surface area contributed by atoms with E-state index >= 15 is 0 Å². The van der Waals surface area contributed by atoms with Gasteiger partial charge in [0.2, 0.25) is 5.82 Å². The average molecular weight is 315 g/mol. The number of furan rings is 1. The second kappa shape index (κ2) is 6.07. The second-order valence-electron chi connectivity index (χ2n) is 4.55. The van der Waals surface area contributed by atoms with Gasteiger partial charge in [-0.05, 0) is 31.2 Å². The predicted octanol–water partition coefficient (Wildman–Crippen LogP) is 3.09. The fraction of sp³-hybridized carbons (Fsp3) is 0.133. The monoisotopic (exact) mass is 315 g/mol. The minimum atomic E-state index is -0.896. The molecule has 7 heteroatoms. The minimum absolute atomic E-state index is 0.507. The number of aromatic nitrogens is 3. The number of carboxylic acids is 1. The maximum Gasteiger partial charge on any atom is 0.316 e. The number of hydrogen-bond acceptors (Lipinski definition) is 5. The van der Waals surface area contributed by atoms with Crippen molar-refractivity contribution in [3.63, 3.8) is 0 Å². The third-order valence-corrected chi connectivity index (χ3v) is 4.05. The lowest BCUT2D eigenvalue weighted by molar-refractivity contribution is -0.136. The fourth-order valence-corrected chi connectivity index (χ4v) is 2.73. The molecule has 0 radical (unpaired) electrons. The van der Waals surface area contributed by atoms with Crippen LogP contribution in [0.1, 0.15) is 6.92 Å². The summed E-state index contributed by atoms with van der Waals surface area (Å²) in [5, 5.41) is 17.3. The molecule has 1 N–H and O–H groups in total. The first-order valence-electron chi connectivity index (χ1n) is 6.61. The Kier molecular flexibility index (Phi) is 3.97. The molecule has 1 aromatic carbocycles. The summed E-state index contributed by atoms with van der Waals surface area (Å²) in [6.07, 6.45) is 1.56. The molecule has 0 spiro atoms. The van der Waals surface area contributed by atoms with E-state index in [2.05, 4.69) is 10.2 Å². The van der Waals surface area contributed by atoms with Gasteiger partial charge in [0.1, 0.15) is 5.25 Å². The molecule has 22 heavy (non-hydrogen) atoms. The molecular formula is C15H13N3O3S. The minimum Gasteiger partial charge on any atom is -0.480 e. The Balaban J connectivity index is 2.10. The van der Waals surface area contributed by atoms with Gasteiger partial charge in [-0.25, -0.2) is 0 Å². The third kappa shape index (κ3) is 2.75. The molecule has 0 fully saturated rings. The molecule has 3 rings (SSSR count). The van der Waals surface area contributed by atoms with Crippen LogP contribution < -0.4 is 0 Å². The van der Waals surface area contributed by atoms with Gasteiger partial charge in [0.25, 0.3) is 0 Å². The largest absolute Gasteiger partial charge is 0.480 e. The molecule has 2 aromatic heterocycles. The number of para-hydroxylation sites is 1. The summed E-state index contributed by atoms with van der Waals surface area (Å²) in [5.41, 5.74) is 0.846. The SMILES string of the molecule is C[C@H](Sc1nnc(-c2ccco2)n1-c1ccccc1)C(=O)O. The first-order chi connectivity index (χ1) is 10.7. The van der Waals surface area contributed by atoms with E-state index in [1.807, 2.05) is 30.3 Å². The lowest BCUT2D eigenvalue weighted by atomic mass is 10.3. The molecule has 0 saturated carbocycles. The molecule has 0 amide bonds. The summed E-state index contributed by atoms with van der Waals surface area (Å²) in [6, 6.07) is 13.1. The Morgan fingerprint density at radius 3 is 2.64 bits per heavy atom. The van der Waals surface area contributed by atoms with Gasteiger partial charge in [0.05, 0.1) is 6.26 Å². The van der Waals surface area contributed by atoms with Gasteiger partial charge >= 0.3 is 5.97 Å². The van der Waals surface area contributed by atoms with Crippen molar-refractivity contribution in [3.8, 4) is 17.3 Å². The molecule has 0 bridgehead atoms. The highest BCUT2D eigenvalue weighted by Crippen LogP contribution is 2.30. The Labute approximate surface area is 130 Å². The number of carbonyl (C=O) groups is 1. The van der Waals surface area contributed by atoms with Crippen molar-refractivity contribution in [2.45, 2.75) is 17.3 Å². The average Bonchev–Trinajstić information content (AvgIpc) is 3.16. The number of hydrogen-bond donors (Lipinski definition) is 1. The molecule has 112 valence electrons. The Morgan fingerprint density at radius 1 is 1.23 bits per heavy atom. The van der Waals surface area contributed by atoms with Crippen molar-refractivity contribution in [3.05, 3.63) is 48.7 Å². The topological polar surface area (TPSA) is 81.2 Å². The molecule has 0 saturated heterocycles. The molecule has 0 aliphatic carbocycles. The normalized spacial score (nSPS) is 12.2. The highest BCUT2D eigenvalue weighted by atomic mass is 32.2. The van der Waals surface area contributed by atoms with Crippen LogP contribution >= 0.6 is 11.8 Å². The van der Waals surface area contributed by atoms with Crippen LogP contribution in [0.4, 0.5) is 0 Å². The maximum absolute atomic E-state index is 11.1. The first kappa shape index (κ1) is 14.4. The second-order valence-corrected chi connectivity index (χ2v) is 5.86. The Morgan fingerprint density at radius 2 is 2.00 bits per heavy atom. The lowest BCUT2D eigenvalue weighted by Crippen LogP contribution is -2.12. The van der Waals surface area contributed by atoms with E-state index in [4.69, 9.17) is 9.52 Å². The molecule has 3 aromatic rings. The van der Waals surface area contributed by atoms with Gasteiger partial charge < -0.3 is 9.52 Å². The number of aliphatic carboxylic acids is 1. The molecule has 0 aliphatic rings. The standard InChI is InChI=1S/C15H13N3O3S/c1-10(14(19)20)22-15-17-16-13(12-8-5-9-21-12)18(15)11-6-3-2-4-7-11/h2-10H,1H3,(H,19,20)/t10-/m0/s1. The third-order valence-electron chi connectivity index (χ3n) is 3.02. The van der Waals surface area contributed by atoms with Crippen LogP contribution in [0.15, 0.2) is 58.3 Å². The van der Waals surface area contributed by atoms with Crippen LogP contribution in [-0.4, -0.2) is 31.1 Å². The van der Waals surface area contributed by atoms with Crippen molar-refractivity contribution in [2.75, 3.05) is 0 Å². The lowest BCUT2D eigenvalue weighted by Gasteiger charge is -2.10. The van der Waals surface area contributed by atoms with Gasteiger partial charge in [0, 0.05) is 5.69 Å². The van der Waals surface area contributed by atoms with Crippen LogP contribution in [-0.2, 0) is 4.79 Å². The van der Waals surface area contributed by atoms with Crippen LogP contribution in [0.2, 0.25) is 0 Å². The van der Waals surface area contributed by atoms with Crippen molar-refractivity contribution in [1.82, 2.24) is 14.8 Å². The van der Waals surface area contributed by atoms with Crippen LogP contribution in [0.25, 0.3) is 17.3 Å². The number of rotatable bonds is 5. The van der Waals surface area contributed by atoms with E-state index in [0.717, 1.165) is 17.4 Å². The quantitative estimate of drug-likeness (QED) is 0.729. The highest BCUT2D eigenvalue weighted by molar-refractivity contribution is 8.00.